The van der Waals surface area contributed by atoms with E-state index in [9.17, 15) is 14.0 Å². The van der Waals surface area contributed by atoms with Crippen molar-refractivity contribution in [2.75, 3.05) is 5.32 Å². The number of nitrogens with one attached hydrogen (secondary N) is 2. The summed E-state index contributed by atoms with van der Waals surface area (Å²) in [5.41, 5.74) is 2.30. The van der Waals surface area contributed by atoms with Crippen LogP contribution < -0.4 is 10.9 Å². The maximum Gasteiger partial charge on any atom is 0.322 e. The SMILES string of the molecule is O=C(Nc1cc(Cl)c(-c2cncnc2)cc1F)N1[C@H]2CC[C@@H]1c1n[nH]c(=O)cc1C2. The molecule has 3 aromatic rings. The molecule has 1 fully saturated rings. The second-order valence-corrected chi connectivity index (χ2v) is 7.78. The van der Waals surface area contributed by atoms with Gasteiger partial charge in [-0.05, 0) is 37.0 Å². The number of aromatic nitrogens is 4. The fourth-order valence-electron chi connectivity index (χ4n) is 4.30. The first-order valence-electron chi connectivity index (χ1n) is 9.43. The number of benzene rings is 1. The Morgan fingerprint density at radius 3 is 2.83 bits per heavy atom. The van der Waals surface area contributed by atoms with Gasteiger partial charge in [0.1, 0.15) is 12.1 Å². The Bertz CT molecular complexity index is 1200. The molecule has 0 unspecified atom stereocenters. The van der Waals surface area contributed by atoms with Crippen LogP contribution in [0.1, 0.15) is 30.1 Å². The smallest absolute Gasteiger partial charge is 0.313 e. The minimum absolute atomic E-state index is 0.00905. The maximum absolute atomic E-state index is 14.8. The van der Waals surface area contributed by atoms with E-state index in [0.29, 0.717) is 23.2 Å². The number of aromatic amines is 1. The van der Waals surface area contributed by atoms with Crippen molar-refractivity contribution in [2.45, 2.75) is 31.3 Å². The van der Waals surface area contributed by atoms with Gasteiger partial charge in [-0.1, -0.05) is 11.6 Å². The average Bonchev–Trinajstić information content (AvgIpc) is 3.06. The van der Waals surface area contributed by atoms with Gasteiger partial charge in [0, 0.05) is 35.6 Å². The number of carbonyl (C=O) groups is 1. The molecule has 2 atom stereocenters. The molecule has 10 heteroatoms. The molecule has 0 aliphatic carbocycles. The second-order valence-electron chi connectivity index (χ2n) is 7.37. The van der Waals surface area contributed by atoms with Crippen molar-refractivity contribution in [3.05, 3.63) is 69.4 Å². The van der Waals surface area contributed by atoms with Crippen LogP contribution in [0.5, 0.6) is 0 Å². The quantitative estimate of drug-likeness (QED) is 0.654. The number of carbonyl (C=O) groups excluding carboxylic acids is 1. The third-order valence-corrected chi connectivity index (χ3v) is 5.91. The summed E-state index contributed by atoms with van der Waals surface area (Å²) < 4.78 is 14.8. The van der Waals surface area contributed by atoms with Crippen LogP contribution in [0.3, 0.4) is 0 Å². The molecule has 0 saturated carbocycles. The van der Waals surface area contributed by atoms with Crippen LogP contribution in [0.4, 0.5) is 14.9 Å². The van der Waals surface area contributed by atoms with Crippen molar-refractivity contribution in [3.8, 4) is 11.1 Å². The van der Waals surface area contributed by atoms with E-state index in [1.807, 2.05) is 0 Å². The Kier molecular flexibility index (Phi) is 4.47. The molecule has 5 rings (SSSR count). The largest absolute Gasteiger partial charge is 0.322 e. The lowest BCUT2D eigenvalue weighted by Crippen LogP contribution is -2.45. The van der Waals surface area contributed by atoms with Gasteiger partial charge in [0.15, 0.2) is 0 Å². The highest BCUT2D eigenvalue weighted by Gasteiger charge is 2.44. The van der Waals surface area contributed by atoms with Crippen molar-refractivity contribution in [2.24, 2.45) is 0 Å². The Morgan fingerprint density at radius 2 is 2.03 bits per heavy atom. The molecule has 2 amide bonds. The van der Waals surface area contributed by atoms with Crippen molar-refractivity contribution in [1.82, 2.24) is 25.1 Å². The maximum atomic E-state index is 14.8. The third-order valence-electron chi connectivity index (χ3n) is 5.60. The molecular formula is C20H16ClFN6O2. The van der Waals surface area contributed by atoms with Gasteiger partial charge in [0.2, 0.25) is 0 Å². The molecule has 2 bridgehead atoms. The first-order valence-corrected chi connectivity index (χ1v) is 9.81. The fraction of sp³-hybridized carbons (Fsp3) is 0.250. The van der Waals surface area contributed by atoms with E-state index in [1.54, 1.807) is 4.90 Å². The van der Waals surface area contributed by atoms with Crippen LogP contribution in [0.15, 0.2) is 41.7 Å². The van der Waals surface area contributed by atoms with E-state index >= 15 is 0 Å². The number of nitrogens with zero attached hydrogens (tertiary/aromatic N) is 4. The highest BCUT2D eigenvalue weighted by Crippen LogP contribution is 2.42. The monoisotopic (exact) mass is 426 g/mol. The van der Waals surface area contributed by atoms with Crippen LogP contribution in [-0.2, 0) is 6.42 Å². The van der Waals surface area contributed by atoms with Crippen molar-refractivity contribution in [1.29, 1.82) is 0 Å². The van der Waals surface area contributed by atoms with Crippen LogP contribution in [0.2, 0.25) is 5.02 Å². The first-order chi connectivity index (χ1) is 14.5. The molecule has 2 aromatic heterocycles. The number of hydrogen-bond acceptors (Lipinski definition) is 5. The average molecular weight is 427 g/mol. The normalized spacial score (nSPS) is 19.5. The van der Waals surface area contributed by atoms with Crippen LogP contribution in [0.25, 0.3) is 11.1 Å². The van der Waals surface area contributed by atoms with Crippen molar-refractivity contribution >= 4 is 23.3 Å². The summed E-state index contributed by atoms with van der Waals surface area (Å²) in [6.07, 6.45) is 6.52. The fourth-order valence-corrected chi connectivity index (χ4v) is 4.57. The molecule has 2 N–H and O–H groups in total. The van der Waals surface area contributed by atoms with Crippen molar-refractivity contribution < 1.29 is 9.18 Å². The summed E-state index contributed by atoms with van der Waals surface area (Å²) in [7, 11) is 0. The lowest BCUT2D eigenvalue weighted by atomic mass is 9.99. The summed E-state index contributed by atoms with van der Waals surface area (Å²) in [6, 6.07) is 3.43. The lowest BCUT2D eigenvalue weighted by molar-refractivity contribution is 0.177. The molecular weight excluding hydrogens is 411 g/mol. The van der Waals surface area contributed by atoms with Crippen LogP contribution >= 0.6 is 11.6 Å². The van der Waals surface area contributed by atoms with Gasteiger partial charge in [0.25, 0.3) is 5.56 Å². The number of amides is 2. The van der Waals surface area contributed by atoms with Crippen LogP contribution in [0, 0.1) is 5.82 Å². The topological polar surface area (TPSA) is 104 Å². The van der Waals surface area contributed by atoms with Gasteiger partial charge in [-0.15, -0.1) is 0 Å². The number of anilines is 1. The molecule has 4 heterocycles. The number of hydrogen-bond donors (Lipinski definition) is 2. The summed E-state index contributed by atoms with van der Waals surface area (Å²) in [6.45, 7) is 0. The minimum atomic E-state index is -0.612. The van der Waals surface area contributed by atoms with E-state index in [4.69, 9.17) is 11.6 Å². The van der Waals surface area contributed by atoms with E-state index in [2.05, 4.69) is 25.5 Å². The highest BCUT2D eigenvalue weighted by atomic mass is 35.5. The molecule has 1 aromatic carbocycles. The number of rotatable bonds is 2. The van der Waals surface area contributed by atoms with Gasteiger partial charge in [-0.3, -0.25) is 4.79 Å². The molecule has 8 nitrogen and oxygen atoms in total. The predicted octanol–water partition coefficient (Wildman–Crippen LogP) is 3.31. The van der Waals surface area contributed by atoms with Gasteiger partial charge in [-0.2, -0.15) is 5.10 Å². The summed E-state index contributed by atoms with van der Waals surface area (Å²) >= 11 is 6.33. The molecule has 2 aliphatic heterocycles. The third kappa shape index (κ3) is 3.11. The number of urea groups is 1. The van der Waals surface area contributed by atoms with E-state index in [-0.39, 0.29) is 28.4 Å². The predicted molar refractivity (Wildman–Crippen MR) is 108 cm³/mol. The molecule has 0 spiro atoms. The van der Waals surface area contributed by atoms with Crippen molar-refractivity contribution in [3.63, 3.8) is 0 Å². The Hall–Kier alpha value is -3.33. The minimum Gasteiger partial charge on any atom is -0.313 e. The number of halogens is 2. The molecule has 0 radical (unpaired) electrons. The Morgan fingerprint density at radius 1 is 1.23 bits per heavy atom. The molecule has 152 valence electrons. The van der Waals surface area contributed by atoms with Crippen LogP contribution in [-0.4, -0.2) is 37.1 Å². The zero-order valence-corrected chi connectivity index (χ0v) is 16.4. The highest BCUT2D eigenvalue weighted by molar-refractivity contribution is 6.33. The summed E-state index contributed by atoms with van der Waals surface area (Å²) in [4.78, 5) is 34.1. The molecule has 30 heavy (non-hydrogen) atoms. The van der Waals surface area contributed by atoms with E-state index in [1.165, 1.54) is 36.9 Å². The van der Waals surface area contributed by atoms with Gasteiger partial charge in [-0.25, -0.2) is 24.3 Å². The standard InChI is InChI=1S/C20H16ClFN6O2/c21-14-6-16(15(22)5-13(14)11-7-23-9-24-8-11)25-20(30)28-12-1-2-17(28)19-10(3-12)4-18(29)26-27-19/h4-9,12,17H,1-3H2,(H,25,30)(H,26,29)/t12-,17+/m0/s1. The molecule has 1 saturated heterocycles. The van der Waals surface area contributed by atoms with Gasteiger partial charge < -0.3 is 10.2 Å². The van der Waals surface area contributed by atoms with Gasteiger partial charge in [0.05, 0.1) is 22.4 Å². The number of H-pyrrole nitrogens is 1. The molecule has 2 aliphatic rings. The van der Waals surface area contributed by atoms with Gasteiger partial charge >= 0.3 is 6.03 Å². The second kappa shape index (κ2) is 7.17. The lowest BCUT2D eigenvalue weighted by Gasteiger charge is -2.35. The van der Waals surface area contributed by atoms with E-state index < -0.39 is 11.8 Å². The first kappa shape index (κ1) is 18.7. The Labute approximate surface area is 175 Å². The Balaban J connectivity index is 1.42. The van der Waals surface area contributed by atoms with E-state index in [0.717, 1.165) is 18.4 Å². The zero-order chi connectivity index (χ0) is 20.8. The summed E-state index contributed by atoms with van der Waals surface area (Å²) in [5.74, 6) is -0.612. The number of fused-ring (bicyclic) bond motifs is 4. The summed E-state index contributed by atoms with van der Waals surface area (Å²) in [5, 5.41) is 9.50. The zero-order valence-electron chi connectivity index (χ0n) is 15.6.